The van der Waals surface area contributed by atoms with Crippen LogP contribution in [0.4, 0.5) is 0 Å². The van der Waals surface area contributed by atoms with E-state index >= 15 is 0 Å². The SMILES string of the molecule is COCOc1ccc(COc2coc3cccc(CC4CCCCC4)c3c2=O)cc1. The third kappa shape index (κ3) is 4.85. The maximum absolute atomic E-state index is 13.2. The summed E-state index contributed by atoms with van der Waals surface area (Å²) in [6.45, 7) is 0.489. The first kappa shape index (κ1) is 20.5. The standard InChI is InChI=1S/C25H28O5/c1-27-17-30-21-12-10-19(11-13-21)15-28-23-16-29-22-9-5-8-20(24(22)25(23)26)14-18-6-3-2-4-7-18/h5,8-13,16,18H,2-4,6-7,14-15,17H2,1H3. The van der Waals surface area contributed by atoms with Crippen LogP contribution in [0.25, 0.3) is 11.0 Å². The fourth-order valence-corrected chi connectivity index (χ4v) is 4.17. The predicted octanol–water partition coefficient (Wildman–Crippen LogP) is 5.48. The van der Waals surface area contributed by atoms with Gasteiger partial charge in [0.15, 0.2) is 6.79 Å². The van der Waals surface area contributed by atoms with Crippen LogP contribution < -0.4 is 14.9 Å². The Bertz CT molecular complexity index is 1020. The average molecular weight is 408 g/mol. The average Bonchev–Trinajstić information content (AvgIpc) is 2.79. The van der Waals surface area contributed by atoms with Crippen molar-refractivity contribution in [3.8, 4) is 11.5 Å². The van der Waals surface area contributed by atoms with E-state index in [-0.39, 0.29) is 24.6 Å². The second-order valence-electron chi connectivity index (χ2n) is 7.91. The Balaban J connectivity index is 1.51. The second kappa shape index (κ2) is 9.81. The molecule has 5 heteroatoms. The molecule has 0 radical (unpaired) electrons. The van der Waals surface area contributed by atoms with Gasteiger partial charge in [-0.15, -0.1) is 0 Å². The van der Waals surface area contributed by atoms with E-state index in [0.717, 1.165) is 23.3 Å². The number of benzene rings is 2. The Kier molecular flexibility index (Phi) is 6.70. The van der Waals surface area contributed by atoms with E-state index in [9.17, 15) is 4.79 Å². The van der Waals surface area contributed by atoms with Gasteiger partial charge in [-0.05, 0) is 41.7 Å². The van der Waals surface area contributed by atoms with E-state index in [2.05, 4.69) is 6.07 Å². The van der Waals surface area contributed by atoms with Crippen molar-refractivity contribution in [2.75, 3.05) is 13.9 Å². The molecule has 5 nitrogen and oxygen atoms in total. The van der Waals surface area contributed by atoms with Crippen LogP contribution in [0.1, 0.15) is 43.2 Å². The second-order valence-corrected chi connectivity index (χ2v) is 7.91. The van der Waals surface area contributed by atoms with Crippen molar-refractivity contribution >= 4 is 11.0 Å². The first-order chi connectivity index (χ1) is 14.7. The lowest BCUT2D eigenvalue weighted by Gasteiger charge is -2.22. The molecule has 0 bridgehead atoms. The predicted molar refractivity (Wildman–Crippen MR) is 116 cm³/mol. The van der Waals surface area contributed by atoms with Crippen molar-refractivity contribution in [2.45, 2.75) is 45.1 Å². The molecule has 158 valence electrons. The summed E-state index contributed by atoms with van der Waals surface area (Å²) in [5.74, 6) is 1.61. The summed E-state index contributed by atoms with van der Waals surface area (Å²) in [6, 6.07) is 13.4. The molecule has 1 aliphatic rings. The zero-order valence-corrected chi connectivity index (χ0v) is 17.4. The third-order valence-corrected chi connectivity index (χ3v) is 5.75. The van der Waals surface area contributed by atoms with Gasteiger partial charge in [0.05, 0.1) is 5.39 Å². The molecular formula is C25H28O5. The van der Waals surface area contributed by atoms with Crippen molar-refractivity contribution in [1.29, 1.82) is 0 Å². The summed E-state index contributed by atoms with van der Waals surface area (Å²) in [5, 5.41) is 0.656. The molecule has 1 aliphatic carbocycles. The highest BCUT2D eigenvalue weighted by Crippen LogP contribution is 2.29. The number of ether oxygens (including phenoxy) is 3. The summed E-state index contributed by atoms with van der Waals surface area (Å²) in [5.41, 5.74) is 2.54. The van der Waals surface area contributed by atoms with Crippen molar-refractivity contribution in [2.24, 2.45) is 5.92 Å². The molecule has 1 heterocycles. The summed E-state index contributed by atoms with van der Waals surface area (Å²) in [6.07, 6.45) is 8.72. The molecule has 1 aromatic heterocycles. The van der Waals surface area contributed by atoms with Gasteiger partial charge in [0.1, 0.15) is 24.2 Å². The van der Waals surface area contributed by atoms with E-state index < -0.39 is 0 Å². The summed E-state index contributed by atoms with van der Waals surface area (Å²) < 4.78 is 21.9. The van der Waals surface area contributed by atoms with Gasteiger partial charge >= 0.3 is 0 Å². The van der Waals surface area contributed by atoms with Crippen LogP contribution >= 0.6 is 0 Å². The molecule has 30 heavy (non-hydrogen) atoms. The van der Waals surface area contributed by atoms with Crippen LogP contribution in [-0.4, -0.2) is 13.9 Å². The maximum atomic E-state index is 13.2. The lowest BCUT2D eigenvalue weighted by Crippen LogP contribution is -2.13. The molecule has 0 atom stereocenters. The first-order valence-electron chi connectivity index (χ1n) is 10.6. The molecule has 1 saturated carbocycles. The minimum absolute atomic E-state index is 0.0947. The van der Waals surface area contributed by atoms with Gasteiger partial charge < -0.3 is 18.6 Å². The molecular weight excluding hydrogens is 380 g/mol. The fraction of sp³-hybridized carbons (Fsp3) is 0.400. The minimum atomic E-state index is -0.0947. The molecule has 0 saturated heterocycles. The van der Waals surface area contributed by atoms with Crippen molar-refractivity contribution in [3.05, 3.63) is 70.1 Å². The quantitative estimate of drug-likeness (QED) is 0.462. The monoisotopic (exact) mass is 408 g/mol. The number of hydrogen-bond acceptors (Lipinski definition) is 5. The van der Waals surface area contributed by atoms with Gasteiger partial charge in [-0.3, -0.25) is 4.79 Å². The van der Waals surface area contributed by atoms with Crippen LogP contribution in [0.2, 0.25) is 0 Å². The number of hydrogen-bond donors (Lipinski definition) is 0. The van der Waals surface area contributed by atoms with Crippen LogP contribution in [0.15, 0.2) is 57.9 Å². The molecule has 0 unspecified atom stereocenters. The summed E-state index contributed by atoms with van der Waals surface area (Å²) >= 11 is 0. The van der Waals surface area contributed by atoms with Gasteiger partial charge in [-0.1, -0.05) is 56.4 Å². The van der Waals surface area contributed by atoms with Gasteiger partial charge in [0, 0.05) is 7.11 Å². The Labute approximate surface area is 176 Å². The van der Waals surface area contributed by atoms with E-state index in [1.807, 2.05) is 36.4 Å². The lowest BCUT2D eigenvalue weighted by atomic mass is 9.84. The topological polar surface area (TPSA) is 57.9 Å². The highest BCUT2D eigenvalue weighted by atomic mass is 16.7. The normalized spacial score (nSPS) is 14.7. The Morgan fingerprint density at radius 3 is 2.57 bits per heavy atom. The molecule has 0 spiro atoms. The fourth-order valence-electron chi connectivity index (χ4n) is 4.17. The molecule has 0 N–H and O–H groups in total. The van der Waals surface area contributed by atoms with Crippen molar-refractivity contribution in [1.82, 2.24) is 0 Å². The highest BCUT2D eigenvalue weighted by molar-refractivity contribution is 5.81. The van der Waals surface area contributed by atoms with Gasteiger partial charge in [-0.25, -0.2) is 0 Å². The van der Waals surface area contributed by atoms with E-state index in [1.165, 1.54) is 38.4 Å². The zero-order valence-electron chi connectivity index (χ0n) is 17.4. The van der Waals surface area contributed by atoms with Crippen LogP contribution in [0.3, 0.4) is 0 Å². The smallest absolute Gasteiger partial charge is 0.234 e. The Hall–Kier alpha value is -2.79. The zero-order chi connectivity index (χ0) is 20.8. The highest BCUT2D eigenvalue weighted by Gasteiger charge is 2.18. The van der Waals surface area contributed by atoms with Crippen LogP contribution in [-0.2, 0) is 17.8 Å². The van der Waals surface area contributed by atoms with Gasteiger partial charge in [0.25, 0.3) is 0 Å². The Morgan fingerprint density at radius 1 is 1.00 bits per heavy atom. The van der Waals surface area contributed by atoms with Crippen molar-refractivity contribution < 1.29 is 18.6 Å². The molecule has 2 aromatic carbocycles. The lowest BCUT2D eigenvalue weighted by molar-refractivity contribution is 0.0511. The minimum Gasteiger partial charge on any atom is -0.482 e. The number of rotatable bonds is 8. The number of fused-ring (bicyclic) bond motifs is 1. The first-order valence-corrected chi connectivity index (χ1v) is 10.6. The van der Waals surface area contributed by atoms with Gasteiger partial charge in [-0.2, -0.15) is 0 Å². The number of methoxy groups -OCH3 is 1. The van der Waals surface area contributed by atoms with Crippen LogP contribution in [0, 0.1) is 5.92 Å². The summed E-state index contributed by atoms with van der Waals surface area (Å²) in [4.78, 5) is 13.2. The molecule has 0 aliphatic heterocycles. The third-order valence-electron chi connectivity index (χ3n) is 5.75. The largest absolute Gasteiger partial charge is 0.482 e. The maximum Gasteiger partial charge on any atom is 0.234 e. The van der Waals surface area contributed by atoms with Gasteiger partial charge in [0.2, 0.25) is 11.2 Å². The van der Waals surface area contributed by atoms with Crippen LogP contribution in [0.5, 0.6) is 11.5 Å². The van der Waals surface area contributed by atoms with E-state index in [4.69, 9.17) is 18.6 Å². The molecule has 0 amide bonds. The van der Waals surface area contributed by atoms with E-state index in [1.54, 1.807) is 7.11 Å². The molecule has 3 aromatic rings. The molecule has 1 fully saturated rings. The molecule has 4 rings (SSSR count). The Morgan fingerprint density at radius 2 is 1.80 bits per heavy atom. The summed E-state index contributed by atoms with van der Waals surface area (Å²) in [7, 11) is 1.58. The van der Waals surface area contributed by atoms with E-state index in [0.29, 0.717) is 16.9 Å². The van der Waals surface area contributed by atoms with Crippen molar-refractivity contribution in [3.63, 3.8) is 0 Å².